The van der Waals surface area contributed by atoms with Crippen molar-refractivity contribution in [1.82, 2.24) is 14.5 Å². The van der Waals surface area contributed by atoms with E-state index in [0.717, 1.165) is 5.57 Å². The zero-order valence-electron chi connectivity index (χ0n) is 16.5. The van der Waals surface area contributed by atoms with E-state index in [1.165, 1.54) is 11.0 Å². The quantitative estimate of drug-likeness (QED) is 0.699. The Balaban J connectivity index is 1.66. The van der Waals surface area contributed by atoms with Crippen LogP contribution in [0, 0.1) is 24.6 Å². The first kappa shape index (κ1) is 18.6. The molecule has 6 rings (SSSR count). The Hall–Kier alpha value is -3.44. The van der Waals surface area contributed by atoms with Gasteiger partial charge in [0.25, 0.3) is 11.8 Å². The van der Waals surface area contributed by atoms with E-state index in [1.54, 1.807) is 20.0 Å². The van der Waals surface area contributed by atoms with Gasteiger partial charge >= 0.3 is 0 Å². The molecule has 4 heterocycles. The van der Waals surface area contributed by atoms with Crippen molar-refractivity contribution >= 4 is 17.4 Å². The summed E-state index contributed by atoms with van der Waals surface area (Å²) in [5.41, 5.74) is 6.91. The highest BCUT2D eigenvalue weighted by atomic mass is 19.1. The van der Waals surface area contributed by atoms with Crippen molar-refractivity contribution in [3.05, 3.63) is 46.5 Å². The van der Waals surface area contributed by atoms with Crippen molar-refractivity contribution in [1.29, 1.82) is 0 Å². The number of carbonyl (C=O) groups is 2. The third kappa shape index (κ3) is 2.45. The van der Waals surface area contributed by atoms with Crippen molar-refractivity contribution in [3.8, 4) is 23.2 Å². The minimum absolute atomic E-state index is 0.0351. The minimum Gasteiger partial charge on any atom is -0.369 e. The van der Waals surface area contributed by atoms with Gasteiger partial charge in [-0.05, 0) is 36.6 Å². The van der Waals surface area contributed by atoms with Crippen LogP contribution in [0.4, 0.5) is 4.39 Å². The second-order valence-corrected chi connectivity index (χ2v) is 8.03. The van der Waals surface area contributed by atoms with Crippen molar-refractivity contribution < 1.29 is 19.1 Å². The van der Waals surface area contributed by atoms with Crippen LogP contribution in [0.3, 0.4) is 0 Å². The van der Waals surface area contributed by atoms with E-state index in [9.17, 15) is 19.1 Å². The number of allylic oxidation sites excluding steroid dienone is 2. The maximum atomic E-state index is 14.9. The topological polar surface area (TPSA) is 101 Å². The smallest absolute Gasteiger partial charge is 0.269 e. The standard InChI is InChI=1S/C22H19FN4O3/c1-11-18(19(24)28)25-20-16-9-12(3-4-22(30)5-6-26(2)21(22)29)17(23)10-15(16)13-7-14(8-13)27(11)20/h7,9-10,14,30H,5-6,8H2,1-2H3,(H2,24,28)/t14?,22-/m0/s1. The van der Waals surface area contributed by atoms with Gasteiger partial charge in [-0.2, -0.15) is 0 Å². The molecule has 152 valence electrons. The van der Waals surface area contributed by atoms with Crippen molar-refractivity contribution in [2.45, 2.75) is 31.4 Å². The maximum Gasteiger partial charge on any atom is 0.269 e. The first-order valence-corrected chi connectivity index (χ1v) is 9.64. The van der Waals surface area contributed by atoms with Gasteiger partial charge in [0.2, 0.25) is 5.60 Å². The van der Waals surface area contributed by atoms with Crippen LogP contribution in [0.5, 0.6) is 0 Å². The van der Waals surface area contributed by atoms with Crippen LogP contribution in [0.15, 0.2) is 18.2 Å². The van der Waals surface area contributed by atoms with Gasteiger partial charge < -0.3 is 20.3 Å². The Labute approximate surface area is 172 Å². The van der Waals surface area contributed by atoms with E-state index in [4.69, 9.17) is 5.73 Å². The molecule has 0 spiro atoms. The molecule has 1 aromatic carbocycles. The van der Waals surface area contributed by atoms with Crippen LogP contribution in [0.1, 0.15) is 46.2 Å². The number of primary amides is 1. The van der Waals surface area contributed by atoms with Crippen LogP contribution in [-0.4, -0.2) is 50.6 Å². The van der Waals surface area contributed by atoms with E-state index in [0.29, 0.717) is 35.6 Å². The average Bonchev–Trinajstić information content (AvgIpc) is 3.03. The second kappa shape index (κ2) is 6.03. The predicted octanol–water partition coefficient (Wildman–Crippen LogP) is 1.38. The number of aliphatic hydroxyl groups is 1. The van der Waals surface area contributed by atoms with E-state index in [2.05, 4.69) is 16.8 Å². The van der Waals surface area contributed by atoms with Crippen LogP contribution >= 0.6 is 0 Å². The Morgan fingerprint density at radius 3 is 2.77 bits per heavy atom. The molecule has 8 heteroatoms. The average molecular weight is 406 g/mol. The number of aromatic nitrogens is 2. The van der Waals surface area contributed by atoms with Crippen LogP contribution in [-0.2, 0) is 4.79 Å². The number of hydrogen-bond acceptors (Lipinski definition) is 4. The zero-order valence-corrected chi connectivity index (χ0v) is 16.5. The number of rotatable bonds is 1. The van der Waals surface area contributed by atoms with Crippen molar-refractivity contribution in [2.24, 2.45) is 5.73 Å². The summed E-state index contributed by atoms with van der Waals surface area (Å²) in [6.45, 7) is 2.17. The maximum absolute atomic E-state index is 14.9. The number of nitrogens with zero attached hydrogens (tertiary/aromatic N) is 3. The number of hydrogen-bond donors (Lipinski definition) is 2. The molecule has 30 heavy (non-hydrogen) atoms. The predicted molar refractivity (Wildman–Crippen MR) is 107 cm³/mol. The van der Waals surface area contributed by atoms with Gasteiger partial charge in [-0.3, -0.25) is 9.59 Å². The lowest BCUT2D eigenvalue weighted by Gasteiger charge is -2.25. The highest BCUT2D eigenvalue weighted by Crippen LogP contribution is 2.48. The fraction of sp³-hybridized carbons (Fsp3) is 0.318. The molecule has 3 N–H and O–H groups in total. The fourth-order valence-corrected chi connectivity index (χ4v) is 4.39. The summed E-state index contributed by atoms with van der Waals surface area (Å²) in [7, 11) is 1.59. The van der Waals surface area contributed by atoms with Gasteiger partial charge in [0.15, 0.2) is 0 Å². The van der Waals surface area contributed by atoms with Gasteiger partial charge in [0, 0.05) is 31.3 Å². The summed E-state index contributed by atoms with van der Waals surface area (Å²) < 4.78 is 16.8. The number of likely N-dealkylation sites (tertiary alicyclic amines) is 1. The molecule has 2 aromatic rings. The number of carbonyl (C=O) groups excluding carboxylic acids is 2. The zero-order chi connectivity index (χ0) is 21.4. The van der Waals surface area contributed by atoms with Gasteiger partial charge in [-0.1, -0.05) is 17.9 Å². The van der Waals surface area contributed by atoms with Gasteiger partial charge in [-0.25, -0.2) is 9.37 Å². The molecule has 1 aromatic heterocycles. The molecule has 4 aliphatic rings. The second-order valence-electron chi connectivity index (χ2n) is 8.03. The van der Waals surface area contributed by atoms with Gasteiger partial charge in [-0.15, -0.1) is 0 Å². The van der Waals surface area contributed by atoms with Gasteiger partial charge in [0.05, 0.1) is 11.6 Å². The Morgan fingerprint density at radius 1 is 1.40 bits per heavy atom. The first-order chi connectivity index (χ1) is 14.2. The van der Waals surface area contributed by atoms with Crippen molar-refractivity contribution in [3.63, 3.8) is 0 Å². The summed E-state index contributed by atoms with van der Waals surface area (Å²) in [6, 6.07) is 3.00. The van der Waals surface area contributed by atoms with E-state index in [-0.39, 0.29) is 23.7 Å². The van der Waals surface area contributed by atoms with Crippen LogP contribution < -0.4 is 5.73 Å². The summed E-state index contributed by atoms with van der Waals surface area (Å²) in [5.74, 6) is 4.08. The fourth-order valence-electron chi connectivity index (χ4n) is 4.39. The number of likely N-dealkylation sites (N-methyl/N-ethyl adjacent to an activating group) is 1. The van der Waals surface area contributed by atoms with E-state index in [1.807, 2.05) is 10.6 Å². The third-order valence-corrected chi connectivity index (χ3v) is 6.15. The molecule has 2 amide bonds. The summed E-state index contributed by atoms with van der Waals surface area (Å²) in [4.78, 5) is 29.8. The first-order valence-electron chi connectivity index (χ1n) is 9.64. The van der Waals surface area contributed by atoms with Gasteiger partial charge in [0.1, 0.15) is 17.3 Å². The molecule has 1 fully saturated rings. The lowest BCUT2D eigenvalue weighted by atomic mass is 9.86. The molecular weight excluding hydrogens is 387 g/mol. The molecule has 1 unspecified atom stereocenters. The normalized spacial score (nSPS) is 23.6. The molecule has 2 atom stereocenters. The third-order valence-electron chi connectivity index (χ3n) is 6.15. The minimum atomic E-state index is -1.81. The molecule has 0 saturated carbocycles. The monoisotopic (exact) mass is 406 g/mol. The Kier molecular flexibility index (Phi) is 3.74. The lowest BCUT2D eigenvalue weighted by molar-refractivity contribution is -0.137. The number of benzene rings is 1. The molecule has 1 saturated heterocycles. The van der Waals surface area contributed by atoms with E-state index >= 15 is 0 Å². The molecule has 0 radical (unpaired) electrons. The molecule has 3 aliphatic heterocycles. The number of amides is 2. The Bertz CT molecular complexity index is 1250. The Morgan fingerprint density at radius 2 is 2.13 bits per heavy atom. The SMILES string of the molecule is Cc1c(C(N)=O)nc2n1C1C=C(C1)c1cc(F)c(C#C[C@]3(O)CCN(C)C3=O)cc1-2. The molecular formula is C22H19FN4O3. The highest BCUT2D eigenvalue weighted by Gasteiger charge is 2.42. The summed E-state index contributed by atoms with van der Waals surface area (Å²) in [6.07, 6.45) is 2.90. The van der Waals surface area contributed by atoms with Crippen LogP contribution in [0.25, 0.3) is 17.0 Å². The number of nitrogens with two attached hydrogens (primary N) is 1. The molecule has 1 aliphatic carbocycles. The summed E-state index contributed by atoms with van der Waals surface area (Å²) >= 11 is 0. The van der Waals surface area contributed by atoms with Crippen LogP contribution in [0.2, 0.25) is 0 Å². The lowest BCUT2D eigenvalue weighted by Crippen LogP contribution is -2.37. The molecule has 2 bridgehead atoms. The number of imidazole rings is 1. The van der Waals surface area contributed by atoms with Crippen molar-refractivity contribution in [2.75, 3.05) is 13.6 Å². The summed E-state index contributed by atoms with van der Waals surface area (Å²) in [5, 5.41) is 10.5. The highest BCUT2D eigenvalue weighted by molar-refractivity contribution is 5.94. The largest absolute Gasteiger partial charge is 0.369 e. The number of halogens is 1. The molecule has 7 nitrogen and oxygen atoms in total. The van der Waals surface area contributed by atoms with E-state index < -0.39 is 23.2 Å².